The summed E-state index contributed by atoms with van der Waals surface area (Å²) in [7, 11) is 3.20. The Morgan fingerprint density at radius 2 is 2.27 bits per heavy atom. The standard InChI is InChI=1S/C9H18N2O3.ClH/c1-13-6-8(10)9(12)11-4-3-7(5-11)14-2;/h7-8H,3-6,10H2,1-2H3;1H/t7-,8?;/m0./s1. The highest BCUT2D eigenvalue weighted by Crippen LogP contribution is 2.12. The molecule has 0 bridgehead atoms. The molecule has 1 heterocycles. The maximum Gasteiger partial charge on any atom is 0.241 e. The van der Waals surface area contributed by atoms with Crippen molar-refractivity contribution in [1.82, 2.24) is 4.90 Å². The van der Waals surface area contributed by atoms with Crippen molar-refractivity contribution in [2.24, 2.45) is 5.73 Å². The first-order chi connectivity index (χ1) is 6.69. The van der Waals surface area contributed by atoms with Crippen molar-refractivity contribution in [2.75, 3.05) is 33.9 Å². The number of amides is 1. The van der Waals surface area contributed by atoms with E-state index in [1.807, 2.05) is 0 Å². The number of ether oxygens (including phenoxy) is 2. The van der Waals surface area contributed by atoms with Crippen LogP contribution in [0.3, 0.4) is 0 Å². The lowest BCUT2D eigenvalue weighted by Crippen LogP contribution is -2.45. The van der Waals surface area contributed by atoms with Crippen LogP contribution in [0.15, 0.2) is 0 Å². The Hall–Kier alpha value is -0.360. The Labute approximate surface area is 96.3 Å². The first-order valence-corrected chi connectivity index (χ1v) is 4.75. The van der Waals surface area contributed by atoms with E-state index in [4.69, 9.17) is 15.2 Å². The van der Waals surface area contributed by atoms with Gasteiger partial charge in [0.25, 0.3) is 0 Å². The molecule has 1 saturated heterocycles. The van der Waals surface area contributed by atoms with Crippen LogP contribution in [0.25, 0.3) is 0 Å². The topological polar surface area (TPSA) is 64.8 Å². The number of methoxy groups -OCH3 is 2. The van der Waals surface area contributed by atoms with Gasteiger partial charge in [-0.15, -0.1) is 12.4 Å². The van der Waals surface area contributed by atoms with E-state index in [0.717, 1.165) is 13.0 Å². The van der Waals surface area contributed by atoms with Gasteiger partial charge in [0, 0.05) is 27.3 Å². The first-order valence-electron chi connectivity index (χ1n) is 4.75. The Kier molecular flexibility index (Phi) is 6.84. The Morgan fingerprint density at radius 3 is 2.73 bits per heavy atom. The predicted octanol–water partition coefficient (Wildman–Crippen LogP) is -0.371. The highest BCUT2D eigenvalue weighted by Gasteiger charge is 2.28. The molecule has 0 aromatic carbocycles. The molecule has 90 valence electrons. The van der Waals surface area contributed by atoms with Gasteiger partial charge in [-0.25, -0.2) is 0 Å². The molecule has 1 rings (SSSR count). The van der Waals surface area contributed by atoms with E-state index >= 15 is 0 Å². The molecular weight excluding hydrogens is 220 g/mol. The fourth-order valence-electron chi connectivity index (χ4n) is 1.61. The van der Waals surface area contributed by atoms with Crippen LogP contribution in [0.1, 0.15) is 6.42 Å². The molecule has 15 heavy (non-hydrogen) atoms. The maximum absolute atomic E-state index is 11.7. The molecular formula is C9H19ClN2O3. The highest BCUT2D eigenvalue weighted by atomic mass is 35.5. The monoisotopic (exact) mass is 238 g/mol. The number of nitrogens with zero attached hydrogens (tertiary/aromatic N) is 1. The van der Waals surface area contributed by atoms with E-state index in [1.165, 1.54) is 7.11 Å². The van der Waals surface area contributed by atoms with Gasteiger partial charge in [0.05, 0.1) is 12.7 Å². The molecule has 0 aromatic heterocycles. The predicted molar refractivity (Wildman–Crippen MR) is 59.1 cm³/mol. The first kappa shape index (κ1) is 14.6. The largest absolute Gasteiger partial charge is 0.383 e. The van der Waals surface area contributed by atoms with Crippen molar-refractivity contribution in [3.8, 4) is 0 Å². The van der Waals surface area contributed by atoms with Crippen molar-refractivity contribution in [1.29, 1.82) is 0 Å². The van der Waals surface area contributed by atoms with E-state index in [0.29, 0.717) is 6.54 Å². The van der Waals surface area contributed by atoms with Crippen molar-refractivity contribution in [3.63, 3.8) is 0 Å². The zero-order valence-corrected chi connectivity index (χ0v) is 9.96. The fraction of sp³-hybridized carbons (Fsp3) is 0.889. The lowest BCUT2D eigenvalue weighted by atomic mass is 10.3. The smallest absolute Gasteiger partial charge is 0.241 e. The molecule has 0 radical (unpaired) electrons. The normalized spacial score (nSPS) is 22.3. The maximum atomic E-state index is 11.7. The molecule has 1 aliphatic heterocycles. The average Bonchev–Trinajstić information content (AvgIpc) is 2.65. The SMILES string of the molecule is COCC(N)C(=O)N1CC[C@H](OC)C1.Cl. The van der Waals surface area contributed by atoms with Gasteiger partial charge >= 0.3 is 0 Å². The van der Waals surface area contributed by atoms with Gasteiger partial charge in [0.2, 0.25) is 5.91 Å². The van der Waals surface area contributed by atoms with Crippen LogP contribution < -0.4 is 5.73 Å². The summed E-state index contributed by atoms with van der Waals surface area (Å²) >= 11 is 0. The van der Waals surface area contributed by atoms with E-state index in [1.54, 1.807) is 12.0 Å². The minimum atomic E-state index is -0.546. The zero-order chi connectivity index (χ0) is 10.6. The van der Waals surface area contributed by atoms with E-state index in [2.05, 4.69) is 0 Å². The summed E-state index contributed by atoms with van der Waals surface area (Å²) in [5.74, 6) is -0.0496. The minimum Gasteiger partial charge on any atom is -0.383 e. The number of carbonyl (C=O) groups excluding carboxylic acids is 1. The second-order valence-electron chi connectivity index (χ2n) is 3.49. The van der Waals surface area contributed by atoms with E-state index in [9.17, 15) is 4.79 Å². The molecule has 0 aromatic rings. The number of halogens is 1. The number of likely N-dealkylation sites (tertiary alicyclic amines) is 1. The molecule has 1 amide bonds. The Morgan fingerprint density at radius 1 is 1.60 bits per heavy atom. The summed E-state index contributed by atoms with van der Waals surface area (Å²) in [6.45, 7) is 1.65. The van der Waals surface area contributed by atoms with Crippen LogP contribution in [-0.2, 0) is 14.3 Å². The van der Waals surface area contributed by atoms with Crippen LogP contribution >= 0.6 is 12.4 Å². The third-order valence-corrected chi connectivity index (χ3v) is 2.45. The summed E-state index contributed by atoms with van der Waals surface area (Å²) in [5, 5.41) is 0. The van der Waals surface area contributed by atoms with Crippen molar-refractivity contribution in [2.45, 2.75) is 18.6 Å². The molecule has 0 aliphatic carbocycles. The second kappa shape index (κ2) is 7.00. The number of hydrogen-bond donors (Lipinski definition) is 1. The van der Waals surface area contributed by atoms with Crippen LogP contribution in [0.5, 0.6) is 0 Å². The number of hydrogen-bond acceptors (Lipinski definition) is 4. The Bertz CT molecular complexity index is 204. The quantitative estimate of drug-likeness (QED) is 0.726. The van der Waals surface area contributed by atoms with Crippen molar-refractivity contribution < 1.29 is 14.3 Å². The van der Waals surface area contributed by atoms with Crippen molar-refractivity contribution in [3.05, 3.63) is 0 Å². The molecule has 2 N–H and O–H groups in total. The summed E-state index contributed by atoms with van der Waals surface area (Å²) in [6, 6.07) is -0.546. The van der Waals surface area contributed by atoms with Gasteiger partial charge in [-0.1, -0.05) is 0 Å². The zero-order valence-electron chi connectivity index (χ0n) is 9.14. The van der Waals surface area contributed by atoms with Crippen molar-refractivity contribution >= 4 is 18.3 Å². The molecule has 2 atom stereocenters. The van der Waals surface area contributed by atoms with Gasteiger partial charge in [0.15, 0.2) is 0 Å². The molecule has 0 spiro atoms. The van der Waals surface area contributed by atoms with Gasteiger partial charge in [-0.3, -0.25) is 4.79 Å². The molecule has 1 aliphatic rings. The molecule has 1 unspecified atom stereocenters. The van der Waals surface area contributed by atoms with E-state index in [-0.39, 0.29) is 31.0 Å². The van der Waals surface area contributed by atoms with Crippen LogP contribution in [0, 0.1) is 0 Å². The van der Waals surface area contributed by atoms with Gasteiger partial charge in [0.1, 0.15) is 6.04 Å². The number of nitrogens with two attached hydrogens (primary N) is 1. The summed E-state index contributed by atoms with van der Waals surface area (Å²) < 4.78 is 10.00. The molecule has 1 fully saturated rings. The fourth-order valence-corrected chi connectivity index (χ4v) is 1.61. The van der Waals surface area contributed by atoms with Crippen LogP contribution in [0.2, 0.25) is 0 Å². The van der Waals surface area contributed by atoms with Gasteiger partial charge in [-0.2, -0.15) is 0 Å². The van der Waals surface area contributed by atoms with Crippen LogP contribution in [0.4, 0.5) is 0 Å². The minimum absolute atomic E-state index is 0. The summed E-state index contributed by atoms with van der Waals surface area (Å²) in [6.07, 6.45) is 1.05. The number of carbonyl (C=O) groups is 1. The van der Waals surface area contributed by atoms with Crippen LogP contribution in [-0.4, -0.2) is 56.9 Å². The van der Waals surface area contributed by atoms with Gasteiger partial charge in [-0.05, 0) is 6.42 Å². The third kappa shape index (κ3) is 3.95. The number of rotatable bonds is 4. The molecule has 0 saturated carbocycles. The third-order valence-electron chi connectivity index (χ3n) is 2.45. The lowest BCUT2D eigenvalue weighted by molar-refractivity contribution is -0.133. The molecule has 6 heteroatoms. The lowest BCUT2D eigenvalue weighted by Gasteiger charge is -2.20. The molecule has 5 nitrogen and oxygen atoms in total. The highest BCUT2D eigenvalue weighted by molar-refractivity contribution is 5.85. The Balaban J connectivity index is 0.00000196. The average molecular weight is 239 g/mol. The van der Waals surface area contributed by atoms with Gasteiger partial charge < -0.3 is 20.1 Å². The second-order valence-corrected chi connectivity index (χ2v) is 3.49. The summed E-state index contributed by atoms with van der Waals surface area (Å²) in [4.78, 5) is 13.4. The van der Waals surface area contributed by atoms with E-state index < -0.39 is 6.04 Å². The summed E-state index contributed by atoms with van der Waals surface area (Å²) in [5.41, 5.74) is 5.64.